The number of rotatable bonds is 5. The number of aryl methyl sites for hydroxylation is 1. The van der Waals surface area contributed by atoms with E-state index in [4.69, 9.17) is 0 Å². The van der Waals surface area contributed by atoms with Gasteiger partial charge in [0, 0.05) is 15.1 Å². The zero-order valence-electron chi connectivity index (χ0n) is 14.8. The molecule has 0 bridgehead atoms. The van der Waals surface area contributed by atoms with Crippen LogP contribution >= 0.6 is 34.4 Å². The van der Waals surface area contributed by atoms with E-state index >= 15 is 0 Å². The van der Waals surface area contributed by atoms with Crippen LogP contribution in [0.3, 0.4) is 0 Å². The molecular weight excluding hydrogens is 382 g/mol. The van der Waals surface area contributed by atoms with E-state index in [-0.39, 0.29) is 11.2 Å². The van der Waals surface area contributed by atoms with Crippen LogP contribution in [0.2, 0.25) is 0 Å². The highest BCUT2D eigenvalue weighted by Crippen LogP contribution is 2.41. The molecule has 1 amide bonds. The minimum atomic E-state index is -0.189. The predicted octanol–water partition coefficient (Wildman–Crippen LogP) is 4.67. The first-order chi connectivity index (χ1) is 12.6. The Morgan fingerprint density at radius 1 is 1.46 bits per heavy atom. The Morgan fingerprint density at radius 3 is 3.15 bits per heavy atom. The van der Waals surface area contributed by atoms with E-state index in [0.29, 0.717) is 6.54 Å². The number of aromatic nitrogens is 2. The van der Waals surface area contributed by atoms with Crippen LogP contribution in [0.4, 0.5) is 0 Å². The smallest absolute Gasteiger partial charge is 0.233 e. The largest absolute Gasteiger partial charge is 0.350 e. The van der Waals surface area contributed by atoms with Crippen molar-refractivity contribution in [3.8, 4) is 0 Å². The van der Waals surface area contributed by atoms with Gasteiger partial charge in [0.05, 0.1) is 11.8 Å². The Labute approximate surface area is 165 Å². The number of thiophene rings is 2. The first kappa shape index (κ1) is 17.9. The van der Waals surface area contributed by atoms with Gasteiger partial charge in [-0.05, 0) is 49.1 Å². The van der Waals surface area contributed by atoms with Crippen molar-refractivity contribution in [1.29, 1.82) is 0 Å². The molecule has 1 aliphatic rings. The van der Waals surface area contributed by atoms with Gasteiger partial charge >= 0.3 is 0 Å². The molecule has 136 valence electrons. The number of hydrogen-bond acceptors (Lipinski definition) is 6. The van der Waals surface area contributed by atoms with Crippen molar-refractivity contribution in [2.75, 3.05) is 0 Å². The van der Waals surface area contributed by atoms with Gasteiger partial charge in [0.15, 0.2) is 0 Å². The van der Waals surface area contributed by atoms with Crippen LogP contribution in [-0.4, -0.2) is 21.1 Å². The number of nitrogens with one attached hydrogen (secondary N) is 1. The molecule has 3 heterocycles. The summed E-state index contributed by atoms with van der Waals surface area (Å²) in [5, 5.41) is 6.99. The number of carbonyl (C=O) groups is 1. The topological polar surface area (TPSA) is 54.9 Å². The average molecular weight is 404 g/mol. The molecule has 0 saturated carbocycles. The van der Waals surface area contributed by atoms with Gasteiger partial charge in [0.25, 0.3) is 0 Å². The molecule has 0 fully saturated rings. The summed E-state index contributed by atoms with van der Waals surface area (Å²) in [5.74, 6) is 0.787. The summed E-state index contributed by atoms with van der Waals surface area (Å²) in [4.78, 5) is 25.2. The fraction of sp³-hybridized carbons (Fsp3) is 0.421. The lowest BCUT2D eigenvalue weighted by Gasteiger charge is -2.18. The third kappa shape index (κ3) is 3.66. The molecule has 0 aromatic carbocycles. The highest BCUT2D eigenvalue weighted by Gasteiger charge is 2.25. The maximum atomic E-state index is 12.5. The third-order valence-electron chi connectivity index (χ3n) is 4.73. The SMILES string of the molecule is C[C@@H]1CCc2c(sc3ncnc(S[C@H](C)C(=O)NCc4cccs4)c23)C1. The first-order valence-electron chi connectivity index (χ1n) is 8.84. The predicted molar refractivity (Wildman–Crippen MR) is 110 cm³/mol. The van der Waals surface area contributed by atoms with Gasteiger partial charge in [0.2, 0.25) is 5.91 Å². The molecule has 0 saturated heterocycles. The Bertz CT molecular complexity index is 920. The molecule has 7 heteroatoms. The summed E-state index contributed by atoms with van der Waals surface area (Å²) in [6.45, 7) is 4.85. The molecule has 3 aromatic rings. The second-order valence-corrected chi connectivity index (χ2v) is 10.2. The molecule has 1 N–H and O–H groups in total. The number of thioether (sulfide) groups is 1. The average Bonchev–Trinajstić information content (AvgIpc) is 3.26. The molecular formula is C19H21N3OS3. The zero-order chi connectivity index (χ0) is 18.1. The fourth-order valence-corrected chi connectivity index (χ4v) is 6.32. The van der Waals surface area contributed by atoms with Gasteiger partial charge in [-0.15, -0.1) is 22.7 Å². The van der Waals surface area contributed by atoms with Crippen LogP contribution in [0.15, 0.2) is 28.9 Å². The summed E-state index contributed by atoms with van der Waals surface area (Å²) in [7, 11) is 0. The third-order valence-corrected chi connectivity index (χ3v) is 7.87. The van der Waals surface area contributed by atoms with Gasteiger partial charge in [-0.2, -0.15) is 0 Å². The summed E-state index contributed by atoms with van der Waals surface area (Å²) < 4.78 is 0. The van der Waals surface area contributed by atoms with Crippen LogP contribution in [-0.2, 0) is 24.2 Å². The summed E-state index contributed by atoms with van der Waals surface area (Å²) in [6.07, 6.45) is 5.08. The molecule has 0 unspecified atom stereocenters. The van der Waals surface area contributed by atoms with Gasteiger partial charge < -0.3 is 5.32 Å². The van der Waals surface area contributed by atoms with E-state index in [9.17, 15) is 4.79 Å². The maximum Gasteiger partial charge on any atom is 0.233 e. The maximum absolute atomic E-state index is 12.5. The first-order valence-corrected chi connectivity index (χ1v) is 11.4. The number of carbonyl (C=O) groups excluding carboxylic acids is 1. The van der Waals surface area contributed by atoms with Crippen molar-refractivity contribution in [2.24, 2.45) is 5.92 Å². The van der Waals surface area contributed by atoms with Crippen LogP contribution in [0, 0.1) is 5.92 Å². The quantitative estimate of drug-likeness (QED) is 0.497. The normalized spacial score (nSPS) is 17.8. The highest BCUT2D eigenvalue weighted by atomic mass is 32.2. The van der Waals surface area contributed by atoms with Crippen LogP contribution in [0.1, 0.15) is 35.6 Å². The summed E-state index contributed by atoms with van der Waals surface area (Å²) in [5.41, 5.74) is 1.41. The van der Waals surface area contributed by atoms with Crippen molar-refractivity contribution < 1.29 is 4.79 Å². The Hall–Kier alpha value is -1.44. The zero-order valence-corrected chi connectivity index (χ0v) is 17.3. The lowest BCUT2D eigenvalue weighted by atomic mass is 9.89. The Morgan fingerprint density at radius 2 is 2.35 bits per heavy atom. The van der Waals surface area contributed by atoms with E-state index < -0.39 is 0 Å². The number of hydrogen-bond donors (Lipinski definition) is 1. The molecule has 2 atom stereocenters. The minimum Gasteiger partial charge on any atom is -0.350 e. The lowest BCUT2D eigenvalue weighted by molar-refractivity contribution is -0.120. The van der Waals surface area contributed by atoms with Crippen molar-refractivity contribution in [3.63, 3.8) is 0 Å². The van der Waals surface area contributed by atoms with Gasteiger partial charge in [-0.25, -0.2) is 9.97 Å². The molecule has 1 aliphatic carbocycles. The van der Waals surface area contributed by atoms with E-state index in [2.05, 4.69) is 22.2 Å². The van der Waals surface area contributed by atoms with E-state index in [1.54, 1.807) is 40.8 Å². The molecule has 4 nitrogen and oxygen atoms in total. The number of fused-ring (bicyclic) bond motifs is 3. The van der Waals surface area contributed by atoms with Crippen molar-refractivity contribution in [2.45, 2.75) is 49.9 Å². The molecule has 3 aromatic heterocycles. The van der Waals surface area contributed by atoms with E-state index in [0.717, 1.165) is 28.6 Å². The molecule has 0 spiro atoms. The van der Waals surface area contributed by atoms with E-state index in [1.165, 1.54) is 27.1 Å². The van der Waals surface area contributed by atoms with Crippen molar-refractivity contribution >= 4 is 50.6 Å². The van der Waals surface area contributed by atoms with Crippen LogP contribution in [0.5, 0.6) is 0 Å². The summed E-state index contributed by atoms with van der Waals surface area (Å²) >= 11 is 5.00. The van der Waals surface area contributed by atoms with E-state index in [1.807, 2.05) is 24.4 Å². The van der Waals surface area contributed by atoms with Crippen molar-refractivity contribution in [3.05, 3.63) is 39.2 Å². The Kier molecular flexibility index (Phi) is 5.29. The number of amides is 1. The molecule has 0 aliphatic heterocycles. The molecule has 4 rings (SSSR count). The second-order valence-electron chi connectivity index (χ2n) is 6.77. The minimum absolute atomic E-state index is 0.0490. The molecule has 0 radical (unpaired) electrons. The van der Waals surface area contributed by atoms with Gasteiger partial charge in [-0.1, -0.05) is 24.8 Å². The lowest BCUT2D eigenvalue weighted by Crippen LogP contribution is -2.30. The summed E-state index contributed by atoms with van der Waals surface area (Å²) in [6, 6.07) is 4.04. The molecule has 26 heavy (non-hydrogen) atoms. The standard InChI is InChI=1S/C19H21N3OS3/c1-11-5-6-14-15(8-11)26-19-16(14)18(21-10-22-19)25-12(2)17(23)20-9-13-4-3-7-24-13/h3-4,7,10-12H,5-6,8-9H2,1-2H3,(H,20,23)/t11-,12-/m1/s1. The number of nitrogens with zero attached hydrogens (tertiary/aromatic N) is 2. The fourth-order valence-electron chi connectivity index (χ4n) is 3.29. The Balaban J connectivity index is 1.52. The van der Waals surface area contributed by atoms with Gasteiger partial charge in [0.1, 0.15) is 16.2 Å². The van der Waals surface area contributed by atoms with Crippen molar-refractivity contribution in [1.82, 2.24) is 15.3 Å². The van der Waals surface area contributed by atoms with Gasteiger partial charge in [-0.3, -0.25) is 4.79 Å². The monoisotopic (exact) mass is 403 g/mol. The highest BCUT2D eigenvalue weighted by molar-refractivity contribution is 8.00. The van der Waals surface area contributed by atoms with Crippen LogP contribution in [0.25, 0.3) is 10.2 Å². The van der Waals surface area contributed by atoms with Crippen LogP contribution < -0.4 is 5.32 Å². The second kappa shape index (κ2) is 7.66.